The predicted octanol–water partition coefficient (Wildman–Crippen LogP) is 8.17. The number of aromatic nitrogens is 1. The Hall–Kier alpha value is -5.69. The van der Waals surface area contributed by atoms with Gasteiger partial charge >= 0.3 is 11.9 Å². The van der Waals surface area contributed by atoms with Crippen LogP contribution in [0.2, 0.25) is 0 Å². The summed E-state index contributed by atoms with van der Waals surface area (Å²) in [6.07, 6.45) is 0. The number of fused-ring (bicyclic) bond motifs is 2. The van der Waals surface area contributed by atoms with Crippen molar-refractivity contribution < 1.29 is 28.5 Å². The average Bonchev–Trinajstić information content (AvgIpc) is 3.07. The Labute approximate surface area is 261 Å². The van der Waals surface area contributed by atoms with Gasteiger partial charge in [-0.25, -0.2) is 14.6 Å². The minimum Gasteiger partial charge on any atom is -0.497 e. The van der Waals surface area contributed by atoms with Crippen LogP contribution in [0.3, 0.4) is 0 Å². The number of ether oxygens (including phenoxy) is 4. The number of hydrogen-bond acceptors (Lipinski definition) is 7. The third-order valence-electron chi connectivity index (χ3n) is 7.51. The highest BCUT2D eigenvalue weighted by atomic mass is 16.5. The molecule has 45 heavy (non-hydrogen) atoms. The summed E-state index contributed by atoms with van der Waals surface area (Å²) in [5.74, 6) is 0.530. The van der Waals surface area contributed by atoms with Gasteiger partial charge in [0, 0.05) is 10.8 Å². The number of aryl methyl sites for hydroxylation is 2. The number of nitrogens with zero attached hydrogens (tertiary/aromatic N) is 1. The summed E-state index contributed by atoms with van der Waals surface area (Å²) in [5.41, 5.74) is 5.14. The first-order valence-corrected chi connectivity index (χ1v) is 14.5. The molecule has 1 aromatic heterocycles. The van der Waals surface area contributed by atoms with E-state index < -0.39 is 11.9 Å². The fourth-order valence-electron chi connectivity index (χ4n) is 5.26. The Morgan fingerprint density at radius 3 is 1.80 bits per heavy atom. The minimum absolute atomic E-state index is 0.164. The fraction of sp³-hybridized carbons (Fsp3) is 0.132. The van der Waals surface area contributed by atoms with Crippen LogP contribution < -0.4 is 14.2 Å². The lowest BCUT2D eigenvalue weighted by Gasteiger charge is -2.16. The number of hydrogen-bond donors (Lipinski definition) is 0. The third-order valence-corrected chi connectivity index (χ3v) is 7.51. The second-order valence-corrected chi connectivity index (χ2v) is 10.7. The topological polar surface area (TPSA) is 84.0 Å². The van der Waals surface area contributed by atoms with Crippen LogP contribution in [0.5, 0.6) is 17.2 Å². The van der Waals surface area contributed by atoms with Crippen molar-refractivity contribution in [3.05, 3.63) is 143 Å². The first-order valence-electron chi connectivity index (χ1n) is 14.5. The van der Waals surface area contributed by atoms with E-state index in [9.17, 15) is 9.59 Å². The van der Waals surface area contributed by atoms with Crippen molar-refractivity contribution in [2.24, 2.45) is 0 Å². The summed E-state index contributed by atoms with van der Waals surface area (Å²) in [4.78, 5) is 31.7. The van der Waals surface area contributed by atoms with Gasteiger partial charge in [-0.3, -0.25) is 0 Å². The van der Waals surface area contributed by atoms with E-state index in [4.69, 9.17) is 23.9 Å². The molecule has 0 spiro atoms. The third kappa shape index (κ3) is 6.48. The molecule has 224 valence electrons. The van der Waals surface area contributed by atoms with E-state index in [1.54, 1.807) is 45.2 Å². The van der Waals surface area contributed by atoms with Gasteiger partial charge in [0.2, 0.25) is 0 Å². The maximum absolute atomic E-state index is 14.1. The van der Waals surface area contributed by atoms with Crippen LogP contribution in [0.15, 0.2) is 109 Å². The number of carbonyl (C=O) groups excluding carboxylic acids is 2. The Bertz CT molecular complexity index is 2000. The Balaban J connectivity index is 1.33. The number of esters is 2. The highest BCUT2D eigenvalue weighted by molar-refractivity contribution is 6.15. The lowest BCUT2D eigenvalue weighted by molar-refractivity contribution is 0.0472. The minimum atomic E-state index is -0.563. The first kappa shape index (κ1) is 29.4. The molecule has 0 saturated heterocycles. The predicted molar refractivity (Wildman–Crippen MR) is 173 cm³/mol. The lowest BCUT2D eigenvalue weighted by atomic mass is 10.0. The monoisotopic (exact) mass is 597 g/mol. The molecule has 0 fully saturated rings. The second-order valence-electron chi connectivity index (χ2n) is 10.7. The van der Waals surface area contributed by atoms with Crippen molar-refractivity contribution in [1.82, 2.24) is 4.98 Å². The van der Waals surface area contributed by atoms with Gasteiger partial charge in [0.15, 0.2) is 0 Å². The molecule has 0 saturated carbocycles. The molecule has 5 aromatic carbocycles. The molecule has 0 unspecified atom stereocenters. The van der Waals surface area contributed by atoms with E-state index in [0.29, 0.717) is 67.9 Å². The van der Waals surface area contributed by atoms with E-state index >= 15 is 0 Å². The van der Waals surface area contributed by atoms with E-state index in [2.05, 4.69) is 0 Å². The molecule has 0 bridgehead atoms. The van der Waals surface area contributed by atoms with E-state index in [1.807, 2.05) is 84.9 Å². The summed E-state index contributed by atoms with van der Waals surface area (Å²) in [6, 6.07) is 33.6. The molecule has 0 aliphatic carbocycles. The van der Waals surface area contributed by atoms with Crippen LogP contribution in [0.1, 0.15) is 43.0 Å². The molecule has 1 heterocycles. The Morgan fingerprint density at radius 1 is 0.644 bits per heavy atom. The molecule has 0 atom stereocenters. The molecule has 0 aliphatic rings. The van der Waals surface area contributed by atoms with Gasteiger partial charge in [-0.2, -0.15) is 0 Å². The molecule has 0 N–H and O–H groups in total. The fourth-order valence-corrected chi connectivity index (χ4v) is 5.26. The van der Waals surface area contributed by atoms with Gasteiger partial charge in [0.25, 0.3) is 0 Å². The van der Waals surface area contributed by atoms with Crippen molar-refractivity contribution in [1.29, 1.82) is 0 Å². The first-order chi connectivity index (χ1) is 21.9. The molecular formula is C38H31NO6. The maximum Gasteiger partial charge on any atom is 0.344 e. The van der Waals surface area contributed by atoms with Gasteiger partial charge in [0.1, 0.15) is 30.5 Å². The summed E-state index contributed by atoms with van der Waals surface area (Å²) in [7, 11) is 1.57. The van der Waals surface area contributed by atoms with Crippen LogP contribution >= 0.6 is 0 Å². The quantitative estimate of drug-likeness (QED) is 0.0944. The zero-order valence-corrected chi connectivity index (χ0v) is 25.2. The number of methoxy groups -OCH3 is 1. The van der Waals surface area contributed by atoms with E-state index in [0.717, 1.165) is 11.1 Å². The van der Waals surface area contributed by atoms with Crippen molar-refractivity contribution in [2.75, 3.05) is 7.11 Å². The molecule has 6 rings (SSSR count). The van der Waals surface area contributed by atoms with Crippen LogP contribution in [0.25, 0.3) is 21.8 Å². The van der Waals surface area contributed by atoms with Crippen LogP contribution in [0.4, 0.5) is 0 Å². The summed E-state index contributed by atoms with van der Waals surface area (Å²) >= 11 is 0. The van der Waals surface area contributed by atoms with Crippen molar-refractivity contribution in [3.8, 4) is 17.2 Å². The Kier molecular flexibility index (Phi) is 8.42. The van der Waals surface area contributed by atoms with Crippen LogP contribution in [-0.2, 0) is 18.0 Å². The van der Waals surface area contributed by atoms with Gasteiger partial charge in [-0.15, -0.1) is 0 Å². The van der Waals surface area contributed by atoms with Crippen molar-refractivity contribution in [2.45, 2.75) is 27.1 Å². The zero-order chi connectivity index (χ0) is 31.3. The summed E-state index contributed by atoms with van der Waals surface area (Å²) in [6.45, 7) is 4.13. The SMILES string of the molecule is COc1ccc2nc3ccc(OCc4ccccc4)cc3c(C(=O)Oc3c(C)cc(C(=O)OCc4ccccc4)cc3C)c2c1. The average molecular weight is 598 g/mol. The summed E-state index contributed by atoms with van der Waals surface area (Å²) in [5, 5.41) is 1.17. The number of carbonyl (C=O) groups is 2. The molecule has 0 aliphatic heterocycles. The molecular weight excluding hydrogens is 566 g/mol. The van der Waals surface area contributed by atoms with Crippen molar-refractivity contribution in [3.63, 3.8) is 0 Å². The normalized spacial score (nSPS) is 10.9. The highest BCUT2D eigenvalue weighted by Crippen LogP contribution is 2.34. The van der Waals surface area contributed by atoms with E-state index in [1.165, 1.54) is 0 Å². The van der Waals surface area contributed by atoms with Crippen molar-refractivity contribution >= 4 is 33.7 Å². The Morgan fingerprint density at radius 2 is 1.20 bits per heavy atom. The van der Waals surface area contributed by atoms with Crippen LogP contribution in [0, 0.1) is 13.8 Å². The maximum atomic E-state index is 14.1. The van der Waals surface area contributed by atoms with Gasteiger partial charge in [0.05, 0.1) is 29.3 Å². The summed E-state index contributed by atoms with van der Waals surface area (Å²) < 4.78 is 23.2. The van der Waals surface area contributed by atoms with Gasteiger partial charge < -0.3 is 18.9 Å². The molecule has 6 aromatic rings. The highest BCUT2D eigenvalue weighted by Gasteiger charge is 2.22. The molecule has 0 amide bonds. The van der Waals surface area contributed by atoms with Crippen LogP contribution in [-0.4, -0.2) is 24.0 Å². The molecule has 7 nitrogen and oxygen atoms in total. The molecule has 0 radical (unpaired) electrons. The van der Waals surface area contributed by atoms with E-state index in [-0.39, 0.29) is 6.61 Å². The second kappa shape index (κ2) is 12.9. The number of benzene rings is 5. The lowest BCUT2D eigenvalue weighted by Crippen LogP contribution is -2.13. The largest absolute Gasteiger partial charge is 0.497 e. The number of pyridine rings is 1. The zero-order valence-electron chi connectivity index (χ0n) is 25.2. The van der Waals surface area contributed by atoms with Gasteiger partial charge in [-0.1, -0.05) is 60.7 Å². The molecule has 7 heteroatoms. The standard InChI is InChI=1S/C38H31NO6/c1-24-18-28(37(40)44-23-27-12-8-5-9-13-27)19-25(2)36(24)45-38(41)35-31-20-29(42-3)14-16-33(31)39-34-17-15-30(21-32(34)35)43-22-26-10-6-4-7-11-26/h4-21H,22-23H2,1-3H3. The number of rotatable bonds is 9. The van der Waals surface area contributed by atoms with Gasteiger partial charge in [-0.05, 0) is 84.6 Å². The smallest absolute Gasteiger partial charge is 0.344 e.